The second kappa shape index (κ2) is 5.18. The van der Waals surface area contributed by atoms with Gasteiger partial charge in [-0.1, -0.05) is 38.3 Å². The quantitative estimate of drug-likeness (QED) is 0.841. The smallest absolute Gasteiger partial charge is 0.123 e. The zero-order valence-corrected chi connectivity index (χ0v) is 10.5. The molecule has 0 saturated heterocycles. The molecule has 0 aromatic heterocycles. The van der Waals surface area contributed by atoms with Gasteiger partial charge < -0.3 is 5.11 Å². The van der Waals surface area contributed by atoms with Crippen molar-refractivity contribution in [1.82, 2.24) is 0 Å². The third-order valence-corrected chi connectivity index (χ3v) is 4.14. The van der Waals surface area contributed by atoms with Gasteiger partial charge in [-0.25, -0.2) is 4.39 Å². The molecule has 0 spiro atoms. The summed E-state index contributed by atoms with van der Waals surface area (Å²) in [6.45, 7) is 1.99. The van der Waals surface area contributed by atoms with E-state index in [1.54, 1.807) is 6.07 Å². The van der Waals surface area contributed by atoms with Crippen molar-refractivity contribution in [2.75, 3.05) is 0 Å². The molecule has 1 aromatic carbocycles. The van der Waals surface area contributed by atoms with Crippen molar-refractivity contribution in [1.29, 1.82) is 0 Å². The molecule has 1 aliphatic carbocycles. The van der Waals surface area contributed by atoms with Gasteiger partial charge in [-0.3, -0.25) is 0 Å². The first-order valence-electron chi connectivity index (χ1n) is 6.65. The Hall–Kier alpha value is -0.890. The first kappa shape index (κ1) is 12.6. The van der Waals surface area contributed by atoms with Crippen LogP contribution in [0.5, 0.6) is 0 Å². The number of hydrogen-bond donors (Lipinski definition) is 1. The van der Waals surface area contributed by atoms with Gasteiger partial charge in [0.1, 0.15) is 5.82 Å². The molecule has 1 N–H and O–H groups in total. The van der Waals surface area contributed by atoms with Gasteiger partial charge in [0.05, 0.1) is 5.60 Å². The Morgan fingerprint density at radius 2 is 2.00 bits per heavy atom. The summed E-state index contributed by atoms with van der Waals surface area (Å²) < 4.78 is 13.3. The van der Waals surface area contributed by atoms with Gasteiger partial charge in [-0.15, -0.1) is 0 Å². The maximum atomic E-state index is 13.3. The first-order chi connectivity index (χ1) is 8.16. The highest BCUT2D eigenvalue weighted by molar-refractivity contribution is 5.24. The van der Waals surface area contributed by atoms with Crippen LogP contribution < -0.4 is 0 Å². The number of hydrogen-bond acceptors (Lipinski definition) is 1. The number of benzene rings is 1. The highest BCUT2D eigenvalue weighted by atomic mass is 19.1. The van der Waals surface area contributed by atoms with E-state index < -0.39 is 5.60 Å². The van der Waals surface area contributed by atoms with E-state index in [4.69, 9.17) is 0 Å². The van der Waals surface area contributed by atoms with Gasteiger partial charge >= 0.3 is 0 Å². The molecule has 2 rings (SSSR count). The average molecular weight is 236 g/mol. The lowest BCUT2D eigenvalue weighted by Crippen LogP contribution is -2.35. The monoisotopic (exact) mass is 236 g/mol. The molecule has 17 heavy (non-hydrogen) atoms. The normalized spacial score (nSPS) is 21.1. The molecule has 1 unspecified atom stereocenters. The van der Waals surface area contributed by atoms with Gasteiger partial charge in [0.2, 0.25) is 0 Å². The van der Waals surface area contributed by atoms with Crippen LogP contribution in [0.2, 0.25) is 0 Å². The third-order valence-electron chi connectivity index (χ3n) is 4.14. The van der Waals surface area contributed by atoms with Crippen LogP contribution in [0.1, 0.15) is 51.0 Å². The largest absolute Gasteiger partial charge is 0.385 e. The van der Waals surface area contributed by atoms with E-state index in [2.05, 4.69) is 0 Å². The minimum atomic E-state index is -0.845. The summed E-state index contributed by atoms with van der Waals surface area (Å²) in [7, 11) is 0. The van der Waals surface area contributed by atoms with Crippen LogP contribution in [-0.2, 0) is 5.60 Å². The van der Waals surface area contributed by atoms with Crippen LogP contribution in [0.15, 0.2) is 24.3 Å². The number of aliphatic hydroxyl groups is 1. The topological polar surface area (TPSA) is 20.2 Å². The van der Waals surface area contributed by atoms with Gasteiger partial charge in [-0.05, 0) is 42.9 Å². The highest BCUT2D eigenvalue weighted by Crippen LogP contribution is 2.41. The predicted molar refractivity (Wildman–Crippen MR) is 67.2 cm³/mol. The van der Waals surface area contributed by atoms with E-state index in [0.717, 1.165) is 18.4 Å². The van der Waals surface area contributed by atoms with Crippen LogP contribution in [0.25, 0.3) is 0 Å². The summed E-state index contributed by atoms with van der Waals surface area (Å²) in [6.07, 6.45) is 6.40. The summed E-state index contributed by atoms with van der Waals surface area (Å²) in [5.41, 5.74) is -0.102. The molecular formula is C15H21FO. The van der Waals surface area contributed by atoms with Gasteiger partial charge in [0.25, 0.3) is 0 Å². The summed E-state index contributed by atoms with van der Waals surface area (Å²) >= 11 is 0. The molecular weight excluding hydrogens is 215 g/mol. The fourth-order valence-corrected chi connectivity index (χ4v) is 3.07. The molecule has 0 radical (unpaired) electrons. The van der Waals surface area contributed by atoms with E-state index in [1.807, 2.05) is 13.0 Å². The van der Waals surface area contributed by atoms with Crippen LogP contribution in [0.3, 0.4) is 0 Å². The lowest BCUT2D eigenvalue weighted by molar-refractivity contribution is -0.0424. The van der Waals surface area contributed by atoms with Gasteiger partial charge in [-0.2, -0.15) is 0 Å². The van der Waals surface area contributed by atoms with E-state index >= 15 is 0 Å². The average Bonchev–Trinajstić information content (AvgIpc) is 2.39. The lowest BCUT2D eigenvalue weighted by atomic mass is 9.72. The predicted octanol–water partition coefficient (Wildman–Crippen LogP) is 4.00. The SMILES string of the molecule is CCC(O)(c1cccc(F)c1)C1CCCCC1. The minimum absolute atomic E-state index is 0.259. The summed E-state index contributed by atoms with van der Waals surface area (Å²) in [5.74, 6) is 0.0215. The second-order valence-corrected chi connectivity index (χ2v) is 5.12. The van der Waals surface area contributed by atoms with Crippen molar-refractivity contribution >= 4 is 0 Å². The molecule has 0 heterocycles. The van der Waals surface area contributed by atoms with Crippen molar-refractivity contribution in [2.24, 2.45) is 5.92 Å². The Labute approximate surface area is 103 Å². The number of rotatable bonds is 3. The minimum Gasteiger partial charge on any atom is -0.385 e. The molecule has 1 nitrogen and oxygen atoms in total. The van der Waals surface area contributed by atoms with E-state index in [0.29, 0.717) is 6.42 Å². The van der Waals surface area contributed by atoms with Crippen molar-refractivity contribution in [3.63, 3.8) is 0 Å². The molecule has 1 fully saturated rings. The summed E-state index contributed by atoms with van der Waals surface area (Å²) in [5, 5.41) is 10.9. The van der Waals surface area contributed by atoms with Crippen molar-refractivity contribution in [2.45, 2.75) is 51.0 Å². The Bertz CT molecular complexity index is 371. The zero-order valence-electron chi connectivity index (χ0n) is 10.5. The van der Waals surface area contributed by atoms with E-state index in [-0.39, 0.29) is 11.7 Å². The molecule has 0 bridgehead atoms. The Morgan fingerprint density at radius 3 is 2.59 bits per heavy atom. The Kier molecular flexibility index (Phi) is 3.82. The standard InChI is InChI=1S/C15H21FO/c1-2-15(17,12-7-4-3-5-8-12)13-9-6-10-14(16)11-13/h6,9-12,17H,2-5,7-8H2,1H3. The molecule has 1 aromatic rings. The molecule has 1 atom stereocenters. The maximum absolute atomic E-state index is 13.3. The molecule has 0 amide bonds. The fourth-order valence-electron chi connectivity index (χ4n) is 3.07. The Morgan fingerprint density at radius 1 is 1.29 bits per heavy atom. The van der Waals surface area contributed by atoms with Crippen LogP contribution >= 0.6 is 0 Å². The van der Waals surface area contributed by atoms with Crippen molar-refractivity contribution in [3.05, 3.63) is 35.6 Å². The van der Waals surface area contributed by atoms with Crippen LogP contribution in [-0.4, -0.2) is 5.11 Å². The highest BCUT2D eigenvalue weighted by Gasteiger charge is 2.37. The maximum Gasteiger partial charge on any atom is 0.123 e. The zero-order chi connectivity index (χ0) is 12.3. The number of halogens is 1. The molecule has 94 valence electrons. The van der Waals surface area contributed by atoms with E-state index in [9.17, 15) is 9.50 Å². The third kappa shape index (κ3) is 2.52. The fraction of sp³-hybridized carbons (Fsp3) is 0.600. The van der Waals surface area contributed by atoms with Gasteiger partial charge in [0.15, 0.2) is 0 Å². The summed E-state index contributed by atoms with van der Waals surface area (Å²) in [4.78, 5) is 0. The summed E-state index contributed by atoms with van der Waals surface area (Å²) in [6, 6.07) is 6.45. The first-order valence-corrected chi connectivity index (χ1v) is 6.65. The van der Waals surface area contributed by atoms with Crippen molar-refractivity contribution < 1.29 is 9.50 Å². The van der Waals surface area contributed by atoms with Gasteiger partial charge in [0, 0.05) is 0 Å². The van der Waals surface area contributed by atoms with Crippen LogP contribution in [0, 0.1) is 11.7 Å². The molecule has 1 aliphatic rings. The molecule has 2 heteroatoms. The second-order valence-electron chi connectivity index (χ2n) is 5.12. The van der Waals surface area contributed by atoms with Crippen LogP contribution in [0.4, 0.5) is 4.39 Å². The molecule has 1 saturated carbocycles. The molecule has 0 aliphatic heterocycles. The lowest BCUT2D eigenvalue weighted by Gasteiger charge is -2.38. The van der Waals surface area contributed by atoms with Crippen molar-refractivity contribution in [3.8, 4) is 0 Å². The Balaban J connectivity index is 2.29. The van der Waals surface area contributed by atoms with E-state index in [1.165, 1.54) is 31.4 Å².